The molecule has 98 valence electrons. The predicted molar refractivity (Wildman–Crippen MR) is 80.7 cm³/mol. The van der Waals surface area contributed by atoms with E-state index in [1.807, 2.05) is 24.3 Å². The minimum atomic E-state index is -0.0719. The van der Waals surface area contributed by atoms with Gasteiger partial charge in [-0.2, -0.15) is 0 Å². The molecule has 19 heavy (non-hydrogen) atoms. The molecule has 1 aliphatic carbocycles. The van der Waals surface area contributed by atoms with Crippen LogP contribution in [0.4, 0.5) is 5.69 Å². The number of fused-ring (bicyclic) bond motifs is 1. The molecule has 0 saturated heterocycles. The van der Waals surface area contributed by atoms with Crippen LogP contribution in [0.3, 0.4) is 0 Å². The molecular formula is C16H17ClN2. The van der Waals surface area contributed by atoms with E-state index in [-0.39, 0.29) is 5.54 Å². The number of hydrogen-bond donors (Lipinski definition) is 2. The number of hydrogen-bond acceptors (Lipinski definition) is 2. The van der Waals surface area contributed by atoms with Crippen molar-refractivity contribution in [2.75, 3.05) is 11.9 Å². The van der Waals surface area contributed by atoms with Crippen LogP contribution in [0.5, 0.6) is 0 Å². The highest BCUT2D eigenvalue weighted by molar-refractivity contribution is 6.30. The smallest absolute Gasteiger partial charge is 0.0576 e. The minimum absolute atomic E-state index is 0.0719. The van der Waals surface area contributed by atoms with Crippen LogP contribution in [0.25, 0.3) is 0 Å². The van der Waals surface area contributed by atoms with E-state index in [4.69, 9.17) is 17.3 Å². The van der Waals surface area contributed by atoms with E-state index in [1.54, 1.807) is 0 Å². The summed E-state index contributed by atoms with van der Waals surface area (Å²) in [5, 5.41) is 4.35. The Balaban J connectivity index is 1.84. The number of nitrogens with one attached hydrogen (secondary N) is 1. The first-order chi connectivity index (χ1) is 9.21. The van der Waals surface area contributed by atoms with E-state index < -0.39 is 0 Å². The Labute approximate surface area is 118 Å². The average Bonchev–Trinajstić information content (AvgIpc) is 2.80. The first-order valence-corrected chi connectivity index (χ1v) is 6.89. The zero-order chi connectivity index (χ0) is 13.3. The van der Waals surface area contributed by atoms with Gasteiger partial charge in [0.15, 0.2) is 0 Å². The Morgan fingerprint density at radius 2 is 1.58 bits per heavy atom. The van der Waals surface area contributed by atoms with Crippen molar-refractivity contribution in [3.8, 4) is 0 Å². The fraction of sp³-hybridized carbons (Fsp3) is 0.250. The third-order valence-corrected chi connectivity index (χ3v) is 4.07. The maximum Gasteiger partial charge on any atom is 0.0576 e. The van der Waals surface area contributed by atoms with Crippen LogP contribution in [-0.4, -0.2) is 12.1 Å². The predicted octanol–water partition coefficient (Wildman–Crippen LogP) is 3.25. The standard InChI is InChI=1S/C16H17ClN2/c17-14-5-7-15(8-6-14)19-16(11-18)9-12-3-1-2-4-13(12)10-16/h1-8,19H,9-11,18H2. The molecule has 0 spiro atoms. The lowest BCUT2D eigenvalue weighted by Crippen LogP contribution is -2.46. The van der Waals surface area contributed by atoms with Crippen molar-refractivity contribution in [3.63, 3.8) is 0 Å². The molecule has 3 rings (SSSR count). The Morgan fingerprint density at radius 1 is 1.00 bits per heavy atom. The highest BCUT2D eigenvalue weighted by Gasteiger charge is 2.35. The van der Waals surface area contributed by atoms with Gasteiger partial charge in [-0.25, -0.2) is 0 Å². The lowest BCUT2D eigenvalue weighted by molar-refractivity contribution is 0.504. The molecule has 3 heteroatoms. The van der Waals surface area contributed by atoms with E-state index in [0.717, 1.165) is 23.6 Å². The lowest BCUT2D eigenvalue weighted by Gasteiger charge is -2.30. The van der Waals surface area contributed by atoms with Crippen molar-refractivity contribution in [1.29, 1.82) is 0 Å². The number of rotatable bonds is 3. The molecule has 0 aromatic heterocycles. The summed E-state index contributed by atoms with van der Waals surface area (Å²) < 4.78 is 0. The van der Waals surface area contributed by atoms with E-state index >= 15 is 0 Å². The Kier molecular flexibility index (Phi) is 3.21. The van der Waals surface area contributed by atoms with E-state index in [2.05, 4.69) is 29.6 Å². The molecule has 3 N–H and O–H groups in total. The van der Waals surface area contributed by atoms with Gasteiger partial charge in [0.2, 0.25) is 0 Å². The SMILES string of the molecule is NCC1(Nc2ccc(Cl)cc2)Cc2ccccc2C1. The van der Waals surface area contributed by atoms with E-state index in [9.17, 15) is 0 Å². The van der Waals surface area contributed by atoms with Crippen molar-refractivity contribution >= 4 is 17.3 Å². The van der Waals surface area contributed by atoms with Gasteiger partial charge in [0.25, 0.3) is 0 Å². The molecule has 0 bridgehead atoms. The van der Waals surface area contributed by atoms with Crippen LogP contribution < -0.4 is 11.1 Å². The number of halogens is 1. The summed E-state index contributed by atoms with van der Waals surface area (Å²) >= 11 is 5.92. The molecule has 0 atom stereocenters. The fourth-order valence-corrected chi connectivity index (χ4v) is 2.94. The van der Waals surface area contributed by atoms with Crippen LogP contribution >= 0.6 is 11.6 Å². The molecular weight excluding hydrogens is 256 g/mol. The second-order valence-electron chi connectivity index (χ2n) is 5.24. The number of benzene rings is 2. The molecule has 1 aliphatic rings. The topological polar surface area (TPSA) is 38.0 Å². The zero-order valence-corrected chi connectivity index (χ0v) is 11.5. The van der Waals surface area contributed by atoms with Crippen LogP contribution in [-0.2, 0) is 12.8 Å². The quantitative estimate of drug-likeness (QED) is 0.900. The van der Waals surface area contributed by atoms with Gasteiger partial charge < -0.3 is 11.1 Å². The Morgan fingerprint density at radius 3 is 2.11 bits per heavy atom. The van der Waals surface area contributed by atoms with Crippen LogP contribution in [0.2, 0.25) is 5.02 Å². The van der Waals surface area contributed by atoms with Gasteiger partial charge in [-0.05, 0) is 48.2 Å². The van der Waals surface area contributed by atoms with Gasteiger partial charge in [-0.1, -0.05) is 35.9 Å². The van der Waals surface area contributed by atoms with Gasteiger partial charge in [0.05, 0.1) is 5.54 Å². The van der Waals surface area contributed by atoms with Crippen LogP contribution in [0.1, 0.15) is 11.1 Å². The van der Waals surface area contributed by atoms with Crippen molar-refractivity contribution in [2.45, 2.75) is 18.4 Å². The zero-order valence-electron chi connectivity index (χ0n) is 10.7. The fourth-order valence-electron chi connectivity index (χ4n) is 2.82. The van der Waals surface area contributed by atoms with Gasteiger partial charge in [-0.3, -0.25) is 0 Å². The second-order valence-corrected chi connectivity index (χ2v) is 5.68. The van der Waals surface area contributed by atoms with Gasteiger partial charge in [-0.15, -0.1) is 0 Å². The highest BCUT2D eigenvalue weighted by Crippen LogP contribution is 2.32. The largest absolute Gasteiger partial charge is 0.378 e. The van der Waals surface area contributed by atoms with Gasteiger partial charge >= 0.3 is 0 Å². The molecule has 2 aromatic carbocycles. The summed E-state index contributed by atoms with van der Waals surface area (Å²) in [7, 11) is 0. The van der Waals surface area contributed by atoms with Gasteiger partial charge in [0.1, 0.15) is 0 Å². The second kappa shape index (κ2) is 4.87. The normalized spacial score (nSPS) is 16.1. The summed E-state index contributed by atoms with van der Waals surface area (Å²) in [5.41, 5.74) is 9.83. The van der Waals surface area contributed by atoms with E-state index in [1.165, 1.54) is 11.1 Å². The average molecular weight is 273 g/mol. The number of anilines is 1. The first kappa shape index (κ1) is 12.5. The van der Waals surface area contributed by atoms with Crippen LogP contribution in [0, 0.1) is 0 Å². The summed E-state index contributed by atoms with van der Waals surface area (Å²) in [6, 6.07) is 16.4. The third-order valence-electron chi connectivity index (χ3n) is 3.82. The molecule has 2 nitrogen and oxygen atoms in total. The monoisotopic (exact) mass is 272 g/mol. The van der Waals surface area contributed by atoms with Crippen molar-refractivity contribution in [3.05, 3.63) is 64.7 Å². The van der Waals surface area contributed by atoms with Crippen molar-refractivity contribution in [2.24, 2.45) is 5.73 Å². The molecule has 2 aromatic rings. The maximum atomic E-state index is 6.04. The van der Waals surface area contributed by atoms with Gasteiger partial charge in [0, 0.05) is 17.3 Å². The molecule has 0 amide bonds. The first-order valence-electron chi connectivity index (χ1n) is 6.51. The highest BCUT2D eigenvalue weighted by atomic mass is 35.5. The number of nitrogens with two attached hydrogens (primary N) is 1. The third kappa shape index (κ3) is 2.46. The minimum Gasteiger partial charge on any atom is -0.378 e. The van der Waals surface area contributed by atoms with Crippen LogP contribution in [0.15, 0.2) is 48.5 Å². The van der Waals surface area contributed by atoms with Crippen molar-refractivity contribution < 1.29 is 0 Å². The van der Waals surface area contributed by atoms with E-state index in [0.29, 0.717) is 6.54 Å². The summed E-state index contributed by atoms with van der Waals surface area (Å²) in [4.78, 5) is 0. The molecule has 0 heterocycles. The molecule has 0 radical (unpaired) electrons. The maximum absolute atomic E-state index is 6.04. The Bertz CT molecular complexity index is 553. The van der Waals surface area contributed by atoms with Crippen molar-refractivity contribution in [1.82, 2.24) is 0 Å². The molecule has 0 aliphatic heterocycles. The molecule has 0 fully saturated rings. The summed E-state index contributed by atoms with van der Waals surface area (Å²) in [6.07, 6.45) is 1.95. The summed E-state index contributed by atoms with van der Waals surface area (Å²) in [6.45, 7) is 0.615. The lowest BCUT2D eigenvalue weighted by atomic mass is 9.95. The molecule has 0 saturated carbocycles. The summed E-state index contributed by atoms with van der Waals surface area (Å²) in [5.74, 6) is 0. The Hall–Kier alpha value is -1.51. The molecule has 0 unspecified atom stereocenters.